The summed E-state index contributed by atoms with van der Waals surface area (Å²) in [6.07, 6.45) is 2.44. The molecule has 0 heterocycles. The fourth-order valence-electron chi connectivity index (χ4n) is 0.403. The normalized spacial score (nSPS) is 9.75. The topological polar surface area (TPSA) is 0 Å². The molecule has 0 aromatic heterocycles. The molecule has 0 aliphatic rings. The summed E-state index contributed by atoms with van der Waals surface area (Å²) in [4.78, 5) is 0. The van der Waals surface area contributed by atoms with E-state index in [0.717, 1.165) is 12.3 Å². The molecule has 0 radical (unpaired) electrons. The van der Waals surface area contributed by atoms with Gasteiger partial charge in [0.15, 0.2) is 0 Å². The van der Waals surface area contributed by atoms with Crippen molar-refractivity contribution in [3.63, 3.8) is 0 Å². The van der Waals surface area contributed by atoms with Crippen LogP contribution in [0.15, 0.2) is 0 Å². The predicted octanol–water partition coefficient (Wildman–Crippen LogP) is 2.76. The van der Waals surface area contributed by atoms with Gasteiger partial charge in [0.05, 0.1) is 0 Å². The number of alkyl halides is 1. The highest BCUT2D eigenvalue weighted by molar-refractivity contribution is 7.99. The first-order valence-electron chi connectivity index (χ1n) is 3.05. The molecule has 0 aromatic carbocycles. The highest BCUT2D eigenvalue weighted by Crippen LogP contribution is 2.03. The third-order valence-electron chi connectivity index (χ3n) is 0.771. The molecule has 0 N–H and O–H groups in total. The van der Waals surface area contributed by atoms with Gasteiger partial charge in [-0.3, -0.25) is 0 Å². The lowest BCUT2D eigenvalue weighted by atomic mass is 10.6. The smallest absolute Gasteiger partial charge is 0.0231 e. The van der Waals surface area contributed by atoms with E-state index in [1.54, 1.807) is 0 Å². The molecule has 8 heavy (non-hydrogen) atoms. The molecule has 0 nitrogen and oxygen atoms in total. The van der Waals surface area contributed by atoms with Gasteiger partial charge in [0, 0.05) is 5.88 Å². The van der Waals surface area contributed by atoms with Crippen molar-refractivity contribution in [3.05, 3.63) is 0 Å². The molecular weight excluding hydrogens is 140 g/mol. The van der Waals surface area contributed by atoms with Crippen molar-refractivity contribution >= 4 is 23.4 Å². The SMILES string of the molecule is CCCSCCCCl. The Hall–Kier alpha value is 0.640. The minimum Gasteiger partial charge on any atom is -0.162 e. The van der Waals surface area contributed by atoms with E-state index in [1.165, 1.54) is 17.9 Å². The molecular formula is C6H13ClS. The van der Waals surface area contributed by atoms with Crippen LogP contribution < -0.4 is 0 Å². The molecule has 0 amide bonds. The number of thioether (sulfide) groups is 1. The molecule has 0 aliphatic carbocycles. The summed E-state index contributed by atoms with van der Waals surface area (Å²) >= 11 is 7.46. The van der Waals surface area contributed by atoms with Gasteiger partial charge in [0.2, 0.25) is 0 Å². The van der Waals surface area contributed by atoms with Crippen molar-refractivity contribution in [1.82, 2.24) is 0 Å². The average molecular weight is 153 g/mol. The molecule has 0 aliphatic heterocycles. The van der Waals surface area contributed by atoms with Crippen LogP contribution in [0, 0.1) is 0 Å². The van der Waals surface area contributed by atoms with Gasteiger partial charge in [-0.2, -0.15) is 11.8 Å². The van der Waals surface area contributed by atoms with Gasteiger partial charge in [0.25, 0.3) is 0 Å². The van der Waals surface area contributed by atoms with Crippen LogP contribution in [-0.4, -0.2) is 17.4 Å². The summed E-state index contributed by atoms with van der Waals surface area (Å²) < 4.78 is 0. The Bertz CT molecular complexity index is 33.5. The lowest BCUT2D eigenvalue weighted by Gasteiger charge is -1.93. The lowest BCUT2D eigenvalue weighted by molar-refractivity contribution is 1.08. The summed E-state index contributed by atoms with van der Waals surface area (Å²) in [5.41, 5.74) is 0. The van der Waals surface area contributed by atoms with Crippen LogP contribution in [0.25, 0.3) is 0 Å². The van der Waals surface area contributed by atoms with Gasteiger partial charge in [-0.25, -0.2) is 0 Å². The molecule has 0 saturated heterocycles. The van der Waals surface area contributed by atoms with Crippen molar-refractivity contribution in [1.29, 1.82) is 0 Å². The van der Waals surface area contributed by atoms with E-state index in [-0.39, 0.29) is 0 Å². The lowest BCUT2D eigenvalue weighted by Crippen LogP contribution is -1.81. The Morgan fingerprint density at radius 1 is 1.38 bits per heavy atom. The predicted molar refractivity (Wildman–Crippen MR) is 43.0 cm³/mol. The van der Waals surface area contributed by atoms with Crippen LogP contribution in [-0.2, 0) is 0 Å². The van der Waals surface area contributed by atoms with E-state index in [0.29, 0.717) is 0 Å². The van der Waals surface area contributed by atoms with Crippen LogP contribution >= 0.6 is 23.4 Å². The van der Waals surface area contributed by atoms with Crippen molar-refractivity contribution < 1.29 is 0 Å². The zero-order valence-corrected chi connectivity index (χ0v) is 6.89. The molecule has 50 valence electrons. The van der Waals surface area contributed by atoms with Crippen LogP contribution in [0.2, 0.25) is 0 Å². The Labute approximate surface area is 61.0 Å². The molecule has 0 bridgehead atoms. The summed E-state index contributed by atoms with van der Waals surface area (Å²) in [7, 11) is 0. The fourth-order valence-corrected chi connectivity index (χ4v) is 1.54. The van der Waals surface area contributed by atoms with E-state index >= 15 is 0 Å². The summed E-state index contributed by atoms with van der Waals surface area (Å²) in [5, 5.41) is 0. The van der Waals surface area contributed by atoms with Crippen LogP contribution in [0.3, 0.4) is 0 Å². The molecule has 0 fully saturated rings. The summed E-state index contributed by atoms with van der Waals surface area (Å²) in [5.74, 6) is 3.34. The zero-order valence-electron chi connectivity index (χ0n) is 5.32. The maximum Gasteiger partial charge on any atom is 0.0231 e. The highest BCUT2D eigenvalue weighted by atomic mass is 35.5. The van der Waals surface area contributed by atoms with Gasteiger partial charge in [-0.15, -0.1) is 11.6 Å². The quantitative estimate of drug-likeness (QED) is 0.431. The first kappa shape index (κ1) is 8.64. The standard InChI is InChI=1S/C6H13ClS/c1-2-5-8-6-3-4-7/h2-6H2,1H3. The second-order valence-electron chi connectivity index (χ2n) is 1.65. The second-order valence-corrected chi connectivity index (χ2v) is 3.26. The van der Waals surface area contributed by atoms with Crippen LogP contribution in [0.5, 0.6) is 0 Å². The van der Waals surface area contributed by atoms with Gasteiger partial charge in [-0.1, -0.05) is 6.92 Å². The number of hydrogen-bond acceptors (Lipinski definition) is 1. The Kier molecular flexibility index (Phi) is 8.25. The highest BCUT2D eigenvalue weighted by Gasteiger charge is 1.84. The maximum atomic E-state index is 5.47. The number of halogens is 1. The molecule has 0 spiro atoms. The molecule has 0 rings (SSSR count). The molecule has 2 heteroatoms. The summed E-state index contributed by atoms with van der Waals surface area (Å²) in [6.45, 7) is 2.20. The van der Waals surface area contributed by atoms with Crippen LogP contribution in [0.4, 0.5) is 0 Å². The molecule has 0 atom stereocenters. The number of hydrogen-bond donors (Lipinski definition) is 0. The van der Waals surface area contributed by atoms with Gasteiger partial charge >= 0.3 is 0 Å². The van der Waals surface area contributed by atoms with Crippen molar-refractivity contribution in [2.24, 2.45) is 0 Å². The average Bonchev–Trinajstić information content (AvgIpc) is 1.81. The van der Waals surface area contributed by atoms with Gasteiger partial charge < -0.3 is 0 Å². The third kappa shape index (κ3) is 6.64. The third-order valence-corrected chi connectivity index (χ3v) is 2.31. The monoisotopic (exact) mass is 152 g/mol. The van der Waals surface area contributed by atoms with E-state index < -0.39 is 0 Å². The minimum atomic E-state index is 0.816. The molecule has 0 unspecified atom stereocenters. The minimum absolute atomic E-state index is 0.816. The van der Waals surface area contributed by atoms with Gasteiger partial charge in [-0.05, 0) is 24.3 Å². The second kappa shape index (κ2) is 7.64. The van der Waals surface area contributed by atoms with Crippen molar-refractivity contribution in [2.75, 3.05) is 17.4 Å². The Morgan fingerprint density at radius 2 is 2.12 bits per heavy atom. The Balaban J connectivity index is 2.53. The van der Waals surface area contributed by atoms with E-state index in [2.05, 4.69) is 6.92 Å². The van der Waals surface area contributed by atoms with Crippen molar-refractivity contribution in [3.8, 4) is 0 Å². The van der Waals surface area contributed by atoms with Crippen LogP contribution in [0.1, 0.15) is 19.8 Å². The summed E-state index contributed by atoms with van der Waals surface area (Å²) in [6, 6.07) is 0. The molecule has 0 aromatic rings. The zero-order chi connectivity index (χ0) is 6.24. The first-order chi connectivity index (χ1) is 3.91. The van der Waals surface area contributed by atoms with Crippen molar-refractivity contribution in [2.45, 2.75) is 19.8 Å². The first-order valence-corrected chi connectivity index (χ1v) is 4.74. The number of rotatable bonds is 5. The largest absolute Gasteiger partial charge is 0.162 e. The van der Waals surface area contributed by atoms with E-state index in [9.17, 15) is 0 Å². The molecule has 0 saturated carbocycles. The maximum absolute atomic E-state index is 5.47. The Morgan fingerprint density at radius 3 is 2.62 bits per heavy atom. The van der Waals surface area contributed by atoms with E-state index in [4.69, 9.17) is 11.6 Å². The van der Waals surface area contributed by atoms with Gasteiger partial charge in [0.1, 0.15) is 0 Å². The fraction of sp³-hybridized carbons (Fsp3) is 1.00. The van der Waals surface area contributed by atoms with E-state index in [1.807, 2.05) is 11.8 Å².